The summed E-state index contributed by atoms with van der Waals surface area (Å²) in [6, 6.07) is 7.28. The molecule has 4 heteroatoms. The van der Waals surface area contributed by atoms with Gasteiger partial charge in [-0.1, -0.05) is 59.1 Å². The summed E-state index contributed by atoms with van der Waals surface area (Å²) in [6.45, 7) is 0.379. The molecule has 0 radical (unpaired) electrons. The molecule has 2 N–H and O–H groups in total. The fourth-order valence-electron chi connectivity index (χ4n) is 0.975. The van der Waals surface area contributed by atoms with E-state index in [1.165, 1.54) is 0 Å². The molecule has 0 aliphatic carbocycles. The first-order chi connectivity index (χ1) is 5.55. The van der Waals surface area contributed by atoms with Crippen molar-refractivity contribution in [2.45, 2.75) is 10.3 Å². The van der Waals surface area contributed by atoms with Gasteiger partial charge in [-0.25, -0.2) is 0 Å². The highest BCUT2D eigenvalue weighted by molar-refractivity contribution is 6.66. The quantitative estimate of drug-likeness (QED) is 0.729. The zero-order valence-corrected chi connectivity index (χ0v) is 8.50. The lowest BCUT2D eigenvalue weighted by Crippen LogP contribution is -2.08. The van der Waals surface area contributed by atoms with E-state index in [0.29, 0.717) is 12.1 Å². The lowest BCUT2D eigenvalue weighted by molar-refractivity contribution is 1.02. The van der Waals surface area contributed by atoms with Crippen LogP contribution in [0.2, 0.25) is 0 Å². The molecule has 1 aromatic rings. The van der Waals surface area contributed by atoms with Crippen LogP contribution in [0.15, 0.2) is 24.3 Å². The van der Waals surface area contributed by atoms with Crippen LogP contribution in [0.5, 0.6) is 0 Å². The summed E-state index contributed by atoms with van der Waals surface area (Å²) < 4.78 is -1.38. The van der Waals surface area contributed by atoms with Crippen molar-refractivity contribution in [1.29, 1.82) is 0 Å². The lowest BCUT2D eigenvalue weighted by Gasteiger charge is -2.14. The van der Waals surface area contributed by atoms with Gasteiger partial charge in [-0.15, -0.1) is 0 Å². The number of hydrogen-bond donors (Lipinski definition) is 1. The monoisotopic (exact) mass is 223 g/mol. The molecule has 12 heavy (non-hydrogen) atoms. The van der Waals surface area contributed by atoms with E-state index in [0.717, 1.165) is 5.56 Å². The number of halogens is 3. The summed E-state index contributed by atoms with van der Waals surface area (Å²) in [7, 11) is 0. The smallest absolute Gasteiger partial charge is 0.216 e. The number of rotatable bonds is 1. The summed E-state index contributed by atoms with van der Waals surface area (Å²) in [5.74, 6) is 0. The van der Waals surface area contributed by atoms with Gasteiger partial charge in [0, 0.05) is 12.1 Å². The molecule has 0 aliphatic heterocycles. The minimum absolute atomic E-state index is 0.379. The molecule has 1 rings (SSSR count). The van der Waals surface area contributed by atoms with Crippen molar-refractivity contribution in [3.8, 4) is 0 Å². The molecule has 0 heterocycles. The molecular formula is C8H8Cl3N. The van der Waals surface area contributed by atoms with Crippen molar-refractivity contribution in [3.63, 3.8) is 0 Å². The molecule has 1 aromatic carbocycles. The SMILES string of the molecule is NCc1ccccc1C(Cl)(Cl)Cl. The molecule has 0 fully saturated rings. The maximum absolute atomic E-state index is 5.72. The van der Waals surface area contributed by atoms with E-state index in [1.54, 1.807) is 6.07 Å². The van der Waals surface area contributed by atoms with Gasteiger partial charge < -0.3 is 5.73 Å². The van der Waals surface area contributed by atoms with Gasteiger partial charge in [0.1, 0.15) is 0 Å². The van der Waals surface area contributed by atoms with Gasteiger partial charge in [-0.3, -0.25) is 0 Å². The van der Waals surface area contributed by atoms with E-state index in [4.69, 9.17) is 40.5 Å². The molecule has 0 bridgehead atoms. The van der Waals surface area contributed by atoms with Crippen LogP contribution in [0.4, 0.5) is 0 Å². The Bertz CT molecular complexity index is 267. The maximum atomic E-state index is 5.72. The number of benzene rings is 1. The molecule has 0 aromatic heterocycles. The van der Waals surface area contributed by atoms with Crippen molar-refractivity contribution in [3.05, 3.63) is 35.4 Å². The fraction of sp³-hybridized carbons (Fsp3) is 0.250. The summed E-state index contributed by atoms with van der Waals surface area (Å²) in [4.78, 5) is 0. The third-order valence-corrected chi connectivity index (χ3v) is 2.15. The standard InChI is InChI=1S/C8H8Cl3N/c9-8(10,11)7-4-2-1-3-6(7)5-12/h1-4H,5,12H2. The van der Waals surface area contributed by atoms with Gasteiger partial charge in [0.05, 0.1) is 0 Å². The predicted octanol–water partition coefficient (Wildman–Crippen LogP) is 2.97. The van der Waals surface area contributed by atoms with Crippen LogP contribution >= 0.6 is 34.8 Å². The van der Waals surface area contributed by atoms with Gasteiger partial charge in [-0.2, -0.15) is 0 Å². The number of nitrogens with two attached hydrogens (primary N) is 1. The summed E-state index contributed by atoms with van der Waals surface area (Å²) >= 11 is 17.2. The third kappa shape index (κ3) is 2.27. The second-order valence-electron chi connectivity index (χ2n) is 2.36. The first-order valence-corrected chi connectivity index (χ1v) is 4.54. The average molecular weight is 225 g/mol. The van der Waals surface area contributed by atoms with E-state index >= 15 is 0 Å². The van der Waals surface area contributed by atoms with Gasteiger partial charge in [-0.05, 0) is 5.56 Å². The molecule has 0 aliphatic rings. The number of hydrogen-bond acceptors (Lipinski definition) is 1. The van der Waals surface area contributed by atoms with Crippen LogP contribution in [-0.2, 0) is 10.3 Å². The Hall–Kier alpha value is 0.0500. The van der Waals surface area contributed by atoms with Crippen molar-refractivity contribution in [2.75, 3.05) is 0 Å². The molecule has 0 amide bonds. The third-order valence-electron chi connectivity index (χ3n) is 1.54. The average Bonchev–Trinajstić information content (AvgIpc) is 2.03. The highest BCUT2D eigenvalue weighted by atomic mass is 35.6. The molecule has 66 valence electrons. The zero-order chi connectivity index (χ0) is 9.19. The molecule has 1 nitrogen and oxygen atoms in total. The maximum Gasteiger partial charge on any atom is 0.216 e. The van der Waals surface area contributed by atoms with Crippen molar-refractivity contribution >= 4 is 34.8 Å². The van der Waals surface area contributed by atoms with Crippen LogP contribution in [-0.4, -0.2) is 0 Å². The zero-order valence-electron chi connectivity index (χ0n) is 6.23. The topological polar surface area (TPSA) is 26.0 Å². The van der Waals surface area contributed by atoms with Crippen molar-refractivity contribution in [2.24, 2.45) is 5.73 Å². The van der Waals surface area contributed by atoms with E-state index in [9.17, 15) is 0 Å². The van der Waals surface area contributed by atoms with Crippen molar-refractivity contribution in [1.82, 2.24) is 0 Å². The Labute approximate surface area is 86.4 Å². The van der Waals surface area contributed by atoms with E-state index in [2.05, 4.69) is 0 Å². The summed E-state index contributed by atoms with van der Waals surface area (Å²) in [6.07, 6.45) is 0. The molecule has 0 atom stereocenters. The molecule has 0 unspecified atom stereocenters. The highest BCUT2D eigenvalue weighted by Gasteiger charge is 2.24. The minimum atomic E-state index is -1.38. The van der Waals surface area contributed by atoms with Crippen LogP contribution in [0, 0.1) is 0 Å². The Morgan fingerprint density at radius 3 is 2.17 bits per heavy atom. The summed E-state index contributed by atoms with van der Waals surface area (Å²) in [5, 5.41) is 0. The van der Waals surface area contributed by atoms with E-state index in [-0.39, 0.29) is 0 Å². The Morgan fingerprint density at radius 1 is 1.17 bits per heavy atom. The Morgan fingerprint density at radius 2 is 1.75 bits per heavy atom. The summed E-state index contributed by atoms with van der Waals surface area (Å²) in [5.41, 5.74) is 6.98. The second-order valence-corrected chi connectivity index (χ2v) is 4.64. The Balaban J connectivity index is 3.14. The van der Waals surface area contributed by atoms with Crippen LogP contribution in [0.25, 0.3) is 0 Å². The van der Waals surface area contributed by atoms with E-state index < -0.39 is 3.79 Å². The van der Waals surface area contributed by atoms with Gasteiger partial charge in [0.15, 0.2) is 0 Å². The van der Waals surface area contributed by atoms with E-state index in [1.807, 2.05) is 18.2 Å². The number of alkyl halides is 3. The highest BCUT2D eigenvalue weighted by Crippen LogP contribution is 2.39. The first-order valence-electron chi connectivity index (χ1n) is 3.41. The largest absolute Gasteiger partial charge is 0.326 e. The normalized spacial score (nSPS) is 11.7. The van der Waals surface area contributed by atoms with Crippen LogP contribution in [0.1, 0.15) is 11.1 Å². The first kappa shape index (κ1) is 10.1. The van der Waals surface area contributed by atoms with Gasteiger partial charge in [0.2, 0.25) is 3.79 Å². The fourth-order valence-corrected chi connectivity index (χ4v) is 1.53. The Kier molecular flexibility index (Phi) is 3.24. The predicted molar refractivity (Wildman–Crippen MR) is 53.6 cm³/mol. The van der Waals surface area contributed by atoms with Crippen LogP contribution in [0.3, 0.4) is 0 Å². The molecule has 0 saturated heterocycles. The van der Waals surface area contributed by atoms with Crippen LogP contribution < -0.4 is 5.73 Å². The molecular weight excluding hydrogens is 216 g/mol. The molecule has 0 spiro atoms. The van der Waals surface area contributed by atoms with Gasteiger partial charge >= 0.3 is 0 Å². The minimum Gasteiger partial charge on any atom is -0.326 e. The molecule has 0 saturated carbocycles. The van der Waals surface area contributed by atoms with Gasteiger partial charge in [0.25, 0.3) is 0 Å². The second kappa shape index (κ2) is 3.84. The van der Waals surface area contributed by atoms with Crippen molar-refractivity contribution < 1.29 is 0 Å². The lowest BCUT2D eigenvalue weighted by atomic mass is 10.1.